The van der Waals surface area contributed by atoms with E-state index in [2.05, 4.69) is 17.3 Å². The maximum atomic E-state index is 12.2. The van der Waals surface area contributed by atoms with Crippen molar-refractivity contribution in [1.29, 1.82) is 0 Å². The molecule has 5 heteroatoms. The number of aromatic nitrogens is 1. The predicted molar refractivity (Wildman–Crippen MR) is 104 cm³/mol. The molecule has 3 aromatic rings. The minimum atomic E-state index is -0.333. The zero-order valence-corrected chi connectivity index (χ0v) is 14.9. The third-order valence-corrected chi connectivity index (χ3v) is 4.26. The Morgan fingerprint density at radius 1 is 1.12 bits per heavy atom. The molecule has 3 N–H and O–H groups in total. The summed E-state index contributed by atoms with van der Waals surface area (Å²) in [6.07, 6.45) is 3.40. The predicted octanol–water partition coefficient (Wildman–Crippen LogP) is 4.07. The van der Waals surface area contributed by atoms with Crippen molar-refractivity contribution >= 4 is 16.8 Å². The van der Waals surface area contributed by atoms with Crippen LogP contribution in [0.25, 0.3) is 22.2 Å². The maximum Gasteiger partial charge on any atom is 0.265 e. The van der Waals surface area contributed by atoms with Crippen LogP contribution in [0.15, 0.2) is 54.6 Å². The highest BCUT2D eigenvalue weighted by molar-refractivity contribution is 6.06. The number of nitrogen functional groups attached to an aromatic ring is 1. The van der Waals surface area contributed by atoms with Crippen molar-refractivity contribution in [1.82, 2.24) is 10.4 Å². The Labute approximate surface area is 153 Å². The Bertz CT molecular complexity index is 891. The van der Waals surface area contributed by atoms with Crippen LogP contribution < -0.4 is 16.0 Å². The summed E-state index contributed by atoms with van der Waals surface area (Å²) in [5.74, 6) is 5.84. The molecule has 1 amide bonds. The van der Waals surface area contributed by atoms with Gasteiger partial charge in [0.2, 0.25) is 0 Å². The molecule has 0 saturated heterocycles. The van der Waals surface area contributed by atoms with Crippen LogP contribution in [-0.4, -0.2) is 17.5 Å². The number of ether oxygens (including phenoxy) is 1. The molecule has 1 aromatic heterocycles. The van der Waals surface area contributed by atoms with Gasteiger partial charge in [-0.15, -0.1) is 0 Å². The number of amides is 1. The van der Waals surface area contributed by atoms with Crippen LogP contribution in [0.2, 0.25) is 0 Å². The Hall–Kier alpha value is -2.92. The Kier molecular flexibility index (Phi) is 5.81. The third kappa shape index (κ3) is 4.00. The van der Waals surface area contributed by atoms with Gasteiger partial charge in [0.1, 0.15) is 5.75 Å². The summed E-state index contributed by atoms with van der Waals surface area (Å²) in [6, 6.07) is 17.1. The van der Waals surface area contributed by atoms with Crippen LogP contribution in [0, 0.1) is 0 Å². The van der Waals surface area contributed by atoms with Crippen LogP contribution in [0.1, 0.15) is 36.5 Å². The van der Waals surface area contributed by atoms with Crippen LogP contribution >= 0.6 is 0 Å². The number of carbonyl (C=O) groups excluding carboxylic acids is 1. The fourth-order valence-corrected chi connectivity index (χ4v) is 2.85. The van der Waals surface area contributed by atoms with Crippen molar-refractivity contribution in [3.63, 3.8) is 0 Å². The van der Waals surface area contributed by atoms with Crippen molar-refractivity contribution in [2.75, 3.05) is 6.61 Å². The van der Waals surface area contributed by atoms with E-state index in [4.69, 9.17) is 10.6 Å². The molecule has 0 aliphatic carbocycles. The molecule has 0 bridgehead atoms. The van der Waals surface area contributed by atoms with Gasteiger partial charge in [0.05, 0.1) is 23.4 Å². The number of carbonyl (C=O) groups is 1. The largest absolute Gasteiger partial charge is 0.494 e. The van der Waals surface area contributed by atoms with Gasteiger partial charge in [-0.05, 0) is 42.8 Å². The number of pyridine rings is 1. The minimum absolute atomic E-state index is 0.333. The van der Waals surface area contributed by atoms with E-state index in [0.717, 1.165) is 40.9 Å². The summed E-state index contributed by atoms with van der Waals surface area (Å²) in [5.41, 5.74) is 5.11. The molecular formula is C21H23N3O2. The third-order valence-electron chi connectivity index (χ3n) is 4.26. The smallest absolute Gasteiger partial charge is 0.265 e. The highest BCUT2D eigenvalue weighted by Gasteiger charge is 2.13. The van der Waals surface area contributed by atoms with Gasteiger partial charge >= 0.3 is 0 Å². The van der Waals surface area contributed by atoms with Crippen molar-refractivity contribution < 1.29 is 9.53 Å². The van der Waals surface area contributed by atoms with E-state index < -0.39 is 0 Å². The van der Waals surface area contributed by atoms with E-state index >= 15 is 0 Å². The van der Waals surface area contributed by atoms with Gasteiger partial charge in [0.15, 0.2) is 0 Å². The molecule has 5 nitrogen and oxygen atoms in total. The second-order valence-electron chi connectivity index (χ2n) is 6.13. The molecule has 0 spiro atoms. The minimum Gasteiger partial charge on any atom is -0.494 e. The quantitative estimate of drug-likeness (QED) is 0.292. The monoisotopic (exact) mass is 349 g/mol. The topological polar surface area (TPSA) is 77.2 Å². The highest BCUT2D eigenvalue weighted by Crippen LogP contribution is 2.26. The van der Waals surface area contributed by atoms with Gasteiger partial charge in [0, 0.05) is 10.9 Å². The SMILES string of the molecule is CCCCCOc1ccc(-c2cc(C(=O)NN)c3ccccc3n2)cc1. The molecule has 3 rings (SSSR count). The van der Waals surface area contributed by atoms with E-state index in [1.807, 2.05) is 48.5 Å². The van der Waals surface area contributed by atoms with Crippen molar-refractivity contribution in [3.05, 3.63) is 60.2 Å². The molecular weight excluding hydrogens is 326 g/mol. The maximum absolute atomic E-state index is 12.2. The Morgan fingerprint density at radius 3 is 2.62 bits per heavy atom. The van der Waals surface area contributed by atoms with Gasteiger partial charge in [-0.1, -0.05) is 38.0 Å². The average molecular weight is 349 g/mol. The van der Waals surface area contributed by atoms with Gasteiger partial charge in [-0.25, -0.2) is 10.8 Å². The fourth-order valence-electron chi connectivity index (χ4n) is 2.85. The van der Waals surface area contributed by atoms with Gasteiger partial charge in [-0.2, -0.15) is 0 Å². The summed E-state index contributed by atoms with van der Waals surface area (Å²) in [6.45, 7) is 2.90. The second kappa shape index (κ2) is 8.45. The molecule has 0 aliphatic rings. The molecule has 26 heavy (non-hydrogen) atoms. The lowest BCUT2D eigenvalue weighted by Crippen LogP contribution is -2.30. The average Bonchev–Trinajstić information content (AvgIpc) is 2.70. The van der Waals surface area contributed by atoms with E-state index in [-0.39, 0.29) is 5.91 Å². The lowest BCUT2D eigenvalue weighted by atomic mass is 10.0. The van der Waals surface area contributed by atoms with E-state index in [1.54, 1.807) is 6.07 Å². The number of fused-ring (bicyclic) bond motifs is 1. The normalized spacial score (nSPS) is 10.7. The second-order valence-corrected chi connectivity index (χ2v) is 6.13. The first-order valence-electron chi connectivity index (χ1n) is 8.87. The van der Waals surface area contributed by atoms with Gasteiger partial charge in [0.25, 0.3) is 5.91 Å². The van der Waals surface area contributed by atoms with E-state index in [0.29, 0.717) is 5.56 Å². The zero-order valence-electron chi connectivity index (χ0n) is 14.9. The van der Waals surface area contributed by atoms with E-state index in [1.165, 1.54) is 12.8 Å². The zero-order chi connectivity index (χ0) is 18.4. The molecule has 2 aromatic carbocycles. The molecule has 0 radical (unpaired) electrons. The highest BCUT2D eigenvalue weighted by atomic mass is 16.5. The number of nitrogens with zero attached hydrogens (tertiary/aromatic N) is 1. The number of unbranched alkanes of at least 4 members (excludes halogenated alkanes) is 2. The fraction of sp³-hybridized carbons (Fsp3) is 0.238. The summed E-state index contributed by atoms with van der Waals surface area (Å²) < 4.78 is 5.75. The lowest BCUT2D eigenvalue weighted by Gasteiger charge is -2.10. The van der Waals surface area contributed by atoms with Gasteiger partial charge in [-0.3, -0.25) is 10.2 Å². The molecule has 0 unspecified atom stereocenters. The molecule has 0 aliphatic heterocycles. The number of hydrazine groups is 1. The first-order chi connectivity index (χ1) is 12.7. The Morgan fingerprint density at radius 2 is 1.88 bits per heavy atom. The standard InChI is InChI=1S/C21H23N3O2/c1-2-3-6-13-26-16-11-9-15(10-12-16)20-14-18(21(25)24-22)17-7-4-5-8-19(17)23-20/h4-5,7-12,14H,2-3,6,13,22H2,1H3,(H,24,25). The number of nitrogens with two attached hydrogens (primary N) is 1. The first-order valence-corrected chi connectivity index (χ1v) is 8.87. The molecule has 1 heterocycles. The first kappa shape index (κ1) is 17.9. The summed E-state index contributed by atoms with van der Waals surface area (Å²) in [7, 11) is 0. The number of benzene rings is 2. The van der Waals surface area contributed by atoms with E-state index in [9.17, 15) is 4.79 Å². The number of para-hydroxylation sites is 1. The van der Waals surface area contributed by atoms with Gasteiger partial charge < -0.3 is 4.74 Å². The van der Waals surface area contributed by atoms with Crippen molar-refractivity contribution in [2.45, 2.75) is 26.2 Å². The van der Waals surface area contributed by atoms with Crippen molar-refractivity contribution in [2.24, 2.45) is 5.84 Å². The van der Waals surface area contributed by atoms with Crippen LogP contribution in [0.5, 0.6) is 5.75 Å². The van der Waals surface area contributed by atoms with Crippen LogP contribution in [-0.2, 0) is 0 Å². The molecule has 0 fully saturated rings. The summed E-state index contributed by atoms with van der Waals surface area (Å²) in [4.78, 5) is 16.8. The number of nitrogens with one attached hydrogen (secondary N) is 1. The summed E-state index contributed by atoms with van der Waals surface area (Å²) >= 11 is 0. The van der Waals surface area contributed by atoms with Crippen LogP contribution in [0.4, 0.5) is 0 Å². The molecule has 0 atom stereocenters. The number of hydrogen-bond acceptors (Lipinski definition) is 4. The summed E-state index contributed by atoms with van der Waals surface area (Å²) in [5, 5.41) is 0.773. The van der Waals surface area contributed by atoms with Crippen molar-refractivity contribution in [3.8, 4) is 17.0 Å². The Balaban J connectivity index is 1.89. The molecule has 134 valence electrons. The lowest BCUT2D eigenvalue weighted by molar-refractivity contribution is 0.0955. The molecule has 0 saturated carbocycles. The number of hydrogen-bond donors (Lipinski definition) is 2. The number of rotatable bonds is 7. The van der Waals surface area contributed by atoms with Crippen LogP contribution in [0.3, 0.4) is 0 Å².